The largest absolute Gasteiger partial charge is 0.278 e. The van der Waals surface area contributed by atoms with Crippen molar-refractivity contribution in [3.05, 3.63) is 0 Å². The number of hydrogen-bond acceptors (Lipinski definition) is 2. The van der Waals surface area contributed by atoms with E-state index >= 15 is 0 Å². The molecule has 3 heterocycles. The van der Waals surface area contributed by atoms with Crippen LogP contribution in [0.1, 0.15) is 6.42 Å². The summed E-state index contributed by atoms with van der Waals surface area (Å²) in [6.45, 7) is 0.809. The fourth-order valence-electron chi connectivity index (χ4n) is 0.936. The van der Waals surface area contributed by atoms with Crippen LogP contribution in [0.15, 0.2) is 0 Å². The highest BCUT2D eigenvalue weighted by Gasteiger charge is 2.45. The Balaban J connectivity index is 2.29. The van der Waals surface area contributed by atoms with Crippen LogP contribution in [0.25, 0.3) is 0 Å². The lowest BCUT2D eigenvalue weighted by Crippen LogP contribution is -2.44. The van der Waals surface area contributed by atoms with Gasteiger partial charge in [0.15, 0.2) is 6.10 Å². The van der Waals surface area contributed by atoms with E-state index in [0.717, 1.165) is 13.0 Å². The van der Waals surface area contributed by atoms with E-state index in [4.69, 9.17) is 4.84 Å². The highest BCUT2D eigenvalue weighted by molar-refractivity contribution is 5.85. The molecule has 0 spiro atoms. The molecule has 3 aliphatic heterocycles. The molecule has 3 nitrogen and oxygen atoms in total. The molecule has 0 N–H and O–H groups in total. The molecular weight excluding hydrogens is 94.0 g/mol. The lowest BCUT2D eigenvalue weighted by molar-refractivity contribution is -0.232. The molecule has 3 heteroatoms. The topological polar surface area (TPSA) is 29.5 Å². The van der Waals surface area contributed by atoms with Gasteiger partial charge in [-0.05, 0) is 0 Å². The van der Waals surface area contributed by atoms with Crippen LogP contribution in [-0.4, -0.2) is 23.6 Å². The minimum absolute atomic E-state index is 0.0556. The van der Waals surface area contributed by atoms with Crippen molar-refractivity contribution >= 4 is 5.91 Å². The highest BCUT2D eigenvalue weighted by Crippen LogP contribution is 2.25. The van der Waals surface area contributed by atoms with Crippen LogP contribution in [-0.2, 0) is 9.63 Å². The monoisotopic (exact) mass is 99.0 g/mol. The zero-order chi connectivity index (χ0) is 4.85. The number of carbonyl (C=O) groups is 1. The van der Waals surface area contributed by atoms with Gasteiger partial charge in [0.25, 0.3) is 5.91 Å². The second-order valence-electron chi connectivity index (χ2n) is 1.82. The van der Waals surface area contributed by atoms with Gasteiger partial charge in [-0.2, -0.15) is 0 Å². The Bertz CT molecular complexity index is 107. The first-order valence-electron chi connectivity index (χ1n) is 2.36. The van der Waals surface area contributed by atoms with Gasteiger partial charge in [-0.3, -0.25) is 9.63 Å². The summed E-state index contributed by atoms with van der Waals surface area (Å²) >= 11 is 0. The van der Waals surface area contributed by atoms with E-state index in [2.05, 4.69) is 0 Å². The summed E-state index contributed by atoms with van der Waals surface area (Å²) in [5.74, 6) is 0.167. The summed E-state index contributed by atoms with van der Waals surface area (Å²) in [5, 5.41) is 1.41. The molecule has 3 rings (SSSR count). The minimum Gasteiger partial charge on any atom is -0.269 e. The van der Waals surface area contributed by atoms with Crippen LogP contribution >= 0.6 is 0 Å². The molecule has 3 aliphatic rings. The van der Waals surface area contributed by atoms with Gasteiger partial charge < -0.3 is 0 Å². The van der Waals surface area contributed by atoms with Crippen LogP contribution in [0.5, 0.6) is 0 Å². The third-order valence-corrected chi connectivity index (χ3v) is 1.37. The minimum atomic E-state index is -0.0556. The maximum atomic E-state index is 10.4. The molecule has 2 bridgehead atoms. The number of amides is 1. The van der Waals surface area contributed by atoms with Crippen molar-refractivity contribution in [2.24, 2.45) is 0 Å². The van der Waals surface area contributed by atoms with Crippen LogP contribution < -0.4 is 0 Å². The smallest absolute Gasteiger partial charge is 0.269 e. The maximum absolute atomic E-state index is 10.4. The molecular formula is C4H5NO2. The first-order chi connectivity index (χ1) is 3.38. The van der Waals surface area contributed by atoms with Gasteiger partial charge in [0.1, 0.15) is 0 Å². The SMILES string of the molecule is O=C1C2CCN1O2. The molecule has 0 saturated carbocycles. The lowest BCUT2D eigenvalue weighted by atomic mass is 10.3. The molecule has 0 aromatic rings. The molecule has 7 heavy (non-hydrogen) atoms. The predicted octanol–water partition coefficient (Wildman–Crippen LogP) is -0.468. The van der Waals surface area contributed by atoms with Gasteiger partial charge >= 0.3 is 0 Å². The van der Waals surface area contributed by atoms with Crippen LogP contribution in [0.3, 0.4) is 0 Å². The molecule has 0 aromatic heterocycles. The van der Waals surface area contributed by atoms with Gasteiger partial charge in [0.05, 0.1) is 6.54 Å². The number of nitrogens with zero attached hydrogens (tertiary/aromatic N) is 1. The summed E-state index contributed by atoms with van der Waals surface area (Å²) in [4.78, 5) is 15.3. The summed E-state index contributed by atoms with van der Waals surface area (Å²) in [7, 11) is 0. The summed E-state index contributed by atoms with van der Waals surface area (Å²) in [5.41, 5.74) is 0. The van der Waals surface area contributed by atoms with E-state index in [1.165, 1.54) is 5.06 Å². The van der Waals surface area contributed by atoms with Gasteiger partial charge in [-0.15, -0.1) is 0 Å². The molecule has 0 radical (unpaired) electrons. The van der Waals surface area contributed by atoms with Crippen LogP contribution in [0.4, 0.5) is 0 Å². The Morgan fingerprint density at radius 1 is 1.86 bits per heavy atom. The number of carbonyl (C=O) groups excluding carboxylic acids is 1. The molecule has 0 aromatic carbocycles. The highest BCUT2D eigenvalue weighted by atomic mass is 16.7. The average molecular weight is 99.1 g/mol. The second-order valence-corrected chi connectivity index (χ2v) is 1.82. The van der Waals surface area contributed by atoms with Crippen molar-refractivity contribution in [3.63, 3.8) is 0 Å². The van der Waals surface area contributed by atoms with Crippen molar-refractivity contribution in [3.8, 4) is 0 Å². The van der Waals surface area contributed by atoms with Gasteiger partial charge in [-0.1, -0.05) is 0 Å². The van der Waals surface area contributed by atoms with E-state index in [-0.39, 0.29) is 12.0 Å². The van der Waals surface area contributed by atoms with Crippen molar-refractivity contribution in [2.75, 3.05) is 6.54 Å². The van der Waals surface area contributed by atoms with Crippen molar-refractivity contribution < 1.29 is 9.63 Å². The molecule has 1 amide bonds. The van der Waals surface area contributed by atoms with Gasteiger partial charge in [0, 0.05) is 6.42 Å². The summed E-state index contributed by atoms with van der Waals surface area (Å²) in [6.07, 6.45) is 0.846. The van der Waals surface area contributed by atoms with E-state index in [1.807, 2.05) is 0 Å². The van der Waals surface area contributed by atoms with Crippen molar-refractivity contribution in [1.29, 1.82) is 0 Å². The Hall–Kier alpha value is -0.570. The number of hydroxylamine groups is 2. The Morgan fingerprint density at radius 3 is 2.86 bits per heavy atom. The summed E-state index contributed by atoms with van der Waals surface area (Å²) < 4.78 is 0. The van der Waals surface area contributed by atoms with Gasteiger partial charge in [0.2, 0.25) is 0 Å². The van der Waals surface area contributed by atoms with E-state index < -0.39 is 0 Å². The fraction of sp³-hybridized carbons (Fsp3) is 0.750. The van der Waals surface area contributed by atoms with E-state index in [9.17, 15) is 4.79 Å². The zero-order valence-corrected chi connectivity index (χ0v) is 3.76. The van der Waals surface area contributed by atoms with Crippen LogP contribution in [0.2, 0.25) is 0 Å². The average Bonchev–Trinajstić information content (AvgIpc) is 2.18. The zero-order valence-electron chi connectivity index (χ0n) is 3.76. The quantitative estimate of drug-likeness (QED) is 0.411. The number of fused-ring (bicyclic) bond motifs is 1. The standard InChI is InChI=1S/C4H5NO2/c6-4-3-1-2-5(4)7-3/h3H,1-2H2. The lowest BCUT2D eigenvalue weighted by Gasteiger charge is -2.24. The maximum Gasteiger partial charge on any atom is 0.278 e. The van der Waals surface area contributed by atoms with Crippen molar-refractivity contribution in [2.45, 2.75) is 12.5 Å². The molecule has 0 aliphatic carbocycles. The molecule has 3 saturated heterocycles. The molecule has 1 unspecified atom stereocenters. The normalized spacial score (nSPS) is 36.3. The second kappa shape index (κ2) is 0.816. The molecule has 38 valence electrons. The predicted molar refractivity (Wildman–Crippen MR) is 21.2 cm³/mol. The first kappa shape index (κ1) is 3.43. The van der Waals surface area contributed by atoms with E-state index in [0.29, 0.717) is 0 Å². The van der Waals surface area contributed by atoms with Crippen LogP contribution in [0, 0.1) is 0 Å². The van der Waals surface area contributed by atoms with Gasteiger partial charge in [-0.25, -0.2) is 5.06 Å². The Kier molecular flexibility index (Phi) is 0.400. The number of rotatable bonds is 0. The summed E-state index contributed by atoms with van der Waals surface area (Å²) in [6, 6.07) is 0. The molecule has 3 fully saturated rings. The Labute approximate surface area is 40.8 Å². The van der Waals surface area contributed by atoms with Crippen molar-refractivity contribution in [1.82, 2.24) is 5.06 Å². The third-order valence-electron chi connectivity index (χ3n) is 1.37. The third kappa shape index (κ3) is 0.237. The van der Waals surface area contributed by atoms with E-state index in [1.54, 1.807) is 0 Å². The molecule has 1 atom stereocenters. The number of hydrogen-bond donors (Lipinski definition) is 0. The first-order valence-corrected chi connectivity index (χ1v) is 2.36. The Morgan fingerprint density at radius 2 is 2.71 bits per heavy atom. The fourth-order valence-corrected chi connectivity index (χ4v) is 0.936.